The topological polar surface area (TPSA) is 48.4 Å². The lowest BCUT2D eigenvalue weighted by Crippen LogP contribution is -2.05. The van der Waals surface area contributed by atoms with Crippen LogP contribution < -0.4 is 4.74 Å². The Morgan fingerprint density at radius 2 is 2.23 bits per heavy atom. The van der Waals surface area contributed by atoms with Gasteiger partial charge in [-0.3, -0.25) is 0 Å². The second-order valence-electron chi connectivity index (χ2n) is 2.20. The van der Waals surface area contributed by atoms with Gasteiger partial charge in [-0.25, -0.2) is 9.78 Å². The lowest BCUT2D eigenvalue weighted by molar-refractivity contribution is 0.0596. The second kappa shape index (κ2) is 4.40. The van der Waals surface area contributed by atoms with Crippen LogP contribution in [0.25, 0.3) is 0 Å². The molecule has 1 heterocycles. The molecular formula is C8H8INO3. The third kappa shape index (κ3) is 2.30. The molecule has 0 unspecified atom stereocenters. The summed E-state index contributed by atoms with van der Waals surface area (Å²) >= 11 is 2.04. The summed E-state index contributed by atoms with van der Waals surface area (Å²) in [6.07, 6.45) is 1.44. The van der Waals surface area contributed by atoms with Crippen LogP contribution in [0.3, 0.4) is 0 Å². The molecule has 1 rings (SSSR count). The molecule has 0 aromatic carbocycles. The van der Waals surface area contributed by atoms with Gasteiger partial charge in [-0.1, -0.05) is 0 Å². The summed E-state index contributed by atoms with van der Waals surface area (Å²) in [5, 5.41) is 0. The summed E-state index contributed by atoms with van der Waals surface area (Å²) in [6.45, 7) is 0. The quantitative estimate of drug-likeness (QED) is 0.471. The van der Waals surface area contributed by atoms with Gasteiger partial charge in [-0.15, -0.1) is 0 Å². The highest BCUT2D eigenvalue weighted by Gasteiger charge is 2.12. The predicted molar refractivity (Wildman–Crippen MR) is 54.8 cm³/mol. The number of carbonyl (C=O) groups excluding carboxylic acids is 1. The zero-order valence-electron chi connectivity index (χ0n) is 7.20. The highest BCUT2D eigenvalue weighted by Crippen LogP contribution is 2.19. The summed E-state index contributed by atoms with van der Waals surface area (Å²) in [5.74, 6) is 0.0343. The minimum atomic E-state index is -0.444. The maximum absolute atomic E-state index is 11.2. The van der Waals surface area contributed by atoms with Crippen molar-refractivity contribution in [2.24, 2.45) is 0 Å². The Bertz CT molecular complexity index is 327. The lowest BCUT2D eigenvalue weighted by Gasteiger charge is -2.05. The Hall–Kier alpha value is -0.850. The van der Waals surface area contributed by atoms with Crippen molar-refractivity contribution in [2.75, 3.05) is 14.2 Å². The number of nitrogens with zero attached hydrogens (tertiary/aromatic N) is 1. The molecule has 70 valence electrons. The van der Waals surface area contributed by atoms with Crippen molar-refractivity contribution in [1.82, 2.24) is 4.98 Å². The third-order valence-electron chi connectivity index (χ3n) is 1.46. The van der Waals surface area contributed by atoms with Crippen LogP contribution >= 0.6 is 22.6 Å². The molecule has 0 aliphatic heterocycles. The van der Waals surface area contributed by atoms with E-state index in [0.29, 0.717) is 11.3 Å². The molecular weight excluding hydrogens is 285 g/mol. The van der Waals surface area contributed by atoms with Gasteiger partial charge < -0.3 is 9.47 Å². The molecule has 13 heavy (non-hydrogen) atoms. The van der Waals surface area contributed by atoms with Gasteiger partial charge in [0.25, 0.3) is 0 Å². The number of carbonyl (C=O) groups is 1. The van der Waals surface area contributed by atoms with E-state index in [2.05, 4.69) is 9.72 Å². The van der Waals surface area contributed by atoms with E-state index in [9.17, 15) is 4.79 Å². The molecule has 0 bridgehead atoms. The van der Waals surface area contributed by atoms with Crippen molar-refractivity contribution in [1.29, 1.82) is 0 Å². The molecule has 0 aliphatic carbocycles. The summed E-state index contributed by atoms with van der Waals surface area (Å²) in [7, 11) is 2.82. The van der Waals surface area contributed by atoms with Crippen LogP contribution in [0.15, 0.2) is 12.3 Å². The minimum absolute atomic E-state index is 0.338. The van der Waals surface area contributed by atoms with Crippen LogP contribution in [-0.2, 0) is 4.74 Å². The number of methoxy groups -OCH3 is 2. The zero-order chi connectivity index (χ0) is 9.84. The van der Waals surface area contributed by atoms with Gasteiger partial charge in [0.15, 0.2) is 0 Å². The van der Waals surface area contributed by atoms with Crippen LogP contribution in [0.5, 0.6) is 5.75 Å². The van der Waals surface area contributed by atoms with Crippen molar-refractivity contribution in [3.8, 4) is 5.75 Å². The Morgan fingerprint density at radius 1 is 1.54 bits per heavy atom. The number of esters is 1. The van der Waals surface area contributed by atoms with Crippen molar-refractivity contribution in [2.45, 2.75) is 0 Å². The highest BCUT2D eigenvalue weighted by atomic mass is 127. The Kier molecular flexibility index (Phi) is 3.47. The molecule has 0 atom stereocenters. The number of hydrogen-bond donors (Lipinski definition) is 0. The van der Waals surface area contributed by atoms with Gasteiger partial charge in [0.05, 0.1) is 14.2 Å². The summed E-state index contributed by atoms with van der Waals surface area (Å²) in [4.78, 5) is 15.1. The fourth-order valence-electron chi connectivity index (χ4n) is 0.845. The lowest BCUT2D eigenvalue weighted by atomic mass is 10.2. The number of halogens is 1. The fraction of sp³-hybridized carbons (Fsp3) is 0.250. The molecule has 1 aromatic rings. The van der Waals surface area contributed by atoms with Gasteiger partial charge in [0.2, 0.25) is 0 Å². The van der Waals surface area contributed by atoms with Gasteiger partial charge in [0, 0.05) is 12.3 Å². The van der Waals surface area contributed by atoms with E-state index in [-0.39, 0.29) is 0 Å². The van der Waals surface area contributed by atoms with E-state index in [1.54, 1.807) is 6.07 Å². The number of ether oxygens (including phenoxy) is 2. The van der Waals surface area contributed by atoms with E-state index < -0.39 is 5.97 Å². The molecule has 1 aromatic heterocycles. The molecule has 5 heteroatoms. The molecule has 0 saturated carbocycles. The Labute approximate surface area is 89.4 Å². The van der Waals surface area contributed by atoms with Gasteiger partial charge in [-0.2, -0.15) is 0 Å². The number of hydrogen-bond acceptors (Lipinski definition) is 4. The molecule has 0 aliphatic rings. The first-order chi connectivity index (χ1) is 6.19. The average Bonchev–Trinajstić information content (AvgIpc) is 2.16. The van der Waals surface area contributed by atoms with Crippen molar-refractivity contribution < 1.29 is 14.3 Å². The second-order valence-corrected chi connectivity index (χ2v) is 3.30. The van der Waals surface area contributed by atoms with Gasteiger partial charge in [0.1, 0.15) is 15.0 Å². The van der Waals surface area contributed by atoms with Crippen LogP contribution in [0.4, 0.5) is 0 Å². The maximum Gasteiger partial charge on any atom is 0.343 e. The van der Waals surface area contributed by atoms with Gasteiger partial charge in [-0.05, 0) is 22.6 Å². The summed E-state index contributed by atoms with van der Waals surface area (Å²) < 4.78 is 10.3. The van der Waals surface area contributed by atoms with Crippen LogP contribution in [0, 0.1) is 3.70 Å². The normalized spacial score (nSPS) is 9.46. The molecule has 0 saturated heterocycles. The molecule has 0 N–H and O–H groups in total. The average molecular weight is 293 g/mol. The molecule has 0 amide bonds. The summed E-state index contributed by atoms with van der Waals surface area (Å²) in [5.41, 5.74) is 0.338. The largest absolute Gasteiger partial charge is 0.496 e. The molecule has 0 spiro atoms. The third-order valence-corrected chi connectivity index (χ3v) is 2.05. The van der Waals surface area contributed by atoms with E-state index in [4.69, 9.17) is 4.74 Å². The van der Waals surface area contributed by atoms with E-state index >= 15 is 0 Å². The van der Waals surface area contributed by atoms with Gasteiger partial charge >= 0.3 is 5.97 Å². The maximum atomic E-state index is 11.2. The standard InChI is InChI=1S/C8H8INO3/c1-12-6-3-7(9)10-4-5(6)8(11)13-2/h3-4H,1-2H3. The van der Waals surface area contributed by atoms with Crippen molar-refractivity contribution in [3.63, 3.8) is 0 Å². The molecule has 0 radical (unpaired) electrons. The monoisotopic (exact) mass is 293 g/mol. The fourth-order valence-corrected chi connectivity index (χ4v) is 1.27. The Morgan fingerprint density at radius 3 is 2.77 bits per heavy atom. The summed E-state index contributed by atoms with van der Waals surface area (Å²) in [6, 6.07) is 1.67. The molecule has 0 fully saturated rings. The van der Waals surface area contributed by atoms with E-state index in [1.807, 2.05) is 22.6 Å². The smallest absolute Gasteiger partial charge is 0.343 e. The number of rotatable bonds is 2. The zero-order valence-corrected chi connectivity index (χ0v) is 9.36. The number of pyridine rings is 1. The van der Waals surface area contributed by atoms with Crippen LogP contribution in [0.2, 0.25) is 0 Å². The van der Waals surface area contributed by atoms with Crippen molar-refractivity contribution >= 4 is 28.6 Å². The van der Waals surface area contributed by atoms with Crippen LogP contribution in [0.1, 0.15) is 10.4 Å². The Balaban J connectivity index is 3.13. The number of aromatic nitrogens is 1. The first kappa shape index (κ1) is 10.2. The first-order valence-electron chi connectivity index (χ1n) is 3.47. The SMILES string of the molecule is COC(=O)c1cnc(I)cc1OC. The van der Waals surface area contributed by atoms with Crippen molar-refractivity contribution in [3.05, 3.63) is 21.5 Å². The molecule has 4 nitrogen and oxygen atoms in total. The van der Waals surface area contributed by atoms with E-state index in [1.165, 1.54) is 20.4 Å². The van der Waals surface area contributed by atoms with Crippen LogP contribution in [-0.4, -0.2) is 25.2 Å². The predicted octanol–water partition coefficient (Wildman–Crippen LogP) is 1.48. The first-order valence-corrected chi connectivity index (χ1v) is 4.54. The minimum Gasteiger partial charge on any atom is -0.496 e. The van der Waals surface area contributed by atoms with E-state index in [0.717, 1.165) is 3.70 Å². The highest BCUT2D eigenvalue weighted by molar-refractivity contribution is 14.1.